The average Bonchev–Trinajstić information content (AvgIpc) is 2.49. The van der Waals surface area contributed by atoms with E-state index in [9.17, 15) is 0 Å². The van der Waals surface area contributed by atoms with Gasteiger partial charge in [0.25, 0.3) is 0 Å². The normalized spacial score (nSPS) is 13.8. The number of nitrogen functional groups attached to an aromatic ring is 1. The van der Waals surface area contributed by atoms with Crippen molar-refractivity contribution in [1.82, 2.24) is 15.3 Å². The van der Waals surface area contributed by atoms with Gasteiger partial charge in [-0.3, -0.25) is 0 Å². The Labute approximate surface area is 118 Å². The molecule has 3 N–H and O–H groups in total. The Kier molecular flexibility index (Phi) is 3.52. The van der Waals surface area contributed by atoms with Crippen LogP contribution < -0.4 is 16.0 Å². The molecule has 1 aromatic carbocycles. The molecule has 1 aliphatic heterocycles. The molecule has 5 nitrogen and oxygen atoms in total. The average molecular weight is 269 g/mol. The minimum absolute atomic E-state index is 0.357. The van der Waals surface area contributed by atoms with Gasteiger partial charge in [-0.05, 0) is 19.1 Å². The summed E-state index contributed by atoms with van der Waals surface area (Å²) in [6.45, 7) is 4.70. The molecule has 0 radical (unpaired) electrons. The van der Waals surface area contributed by atoms with Crippen molar-refractivity contribution in [2.75, 3.05) is 23.7 Å². The standard InChI is InChI=1S/C15H19N5/c1-2-20(11-6-4-3-5-7-11)14-12-10-17-9-8-13(12)18-15(16)19-14/h3-7,17H,2,8-10H2,1H3,(H2,16,18,19). The lowest BCUT2D eigenvalue weighted by atomic mass is 10.1. The van der Waals surface area contributed by atoms with E-state index in [4.69, 9.17) is 5.73 Å². The fourth-order valence-electron chi connectivity index (χ4n) is 2.63. The molecule has 0 amide bonds. The molecule has 2 heterocycles. The molecule has 0 saturated heterocycles. The summed E-state index contributed by atoms with van der Waals surface area (Å²) in [4.78, 5) is 11.1. The summed E-state index contributed by atoms with van der Waals surface area (Å²) in [6.07, 6.45) is 0.904. The first kappa shape index (κ1) is 12.9. The summed E-state index contributed by atoms with van der Waals surface area (Å²) in [5, 5.41) is 3.38. The maximum atomic E-state index is 5.88. The number of hydrogen-bond donors (Lipinski definition) is 2. The number of nitrogens with one attached hydrogen (secondary N) is 1. The number of aromatic nitrogens is 2. The van der Waals surface area contributed by atoms with E-state index in [0.29, 0.717) is 5.95 Å². The van der Waals surface area contributed by atoms with Gasteiger partial charge in [-0.25, -0.2) is 4.98 Å². The predicted molar refractivity (Wildman–Crippen MR) is 81.0 cm³/mol. The van der Waals surface area contributed by atoms with Crippen LogP contribution in [0.15, 0.2) is 30.3 Å². The molecule has 0 saturated carbocycles. The topological polar surface area (TPSA) is 67.1 Å². The highest BCUT2D eigenvalue weighted by molar-refractivity contribution is 5.64. The first-order valence-electron chi connectivity index (χ1n) is 6.98. The number of nitrogens with two attached hydrogens (primary N) is 1. The van der Waals surface area contributed by atoms with Crippen LogP contribution in [0.1, 0.15) is 18.2 Å². The zero-order valence-corrected chi connectivity index (χ0v) is 11.6. The quantitative estimate of drug-likeness (QED) is 0.890. The molecule has 0 aliphatic carbocycles. The minimum Gasteiger partial charge on any atom is -0.368 e. The van der Waals surface area contributed by atoms with Crippen molar-refractivity contribution >= 4 is 17.5 Å². The summed E-state index contributed by atoms with van der Waals surface area (Å²) in [6, 6.07) is 10.3. The van der Waals surface area contributed by atoms with Crippen molar-refractivity contribution in [2.24, 2.45) is 0 Å². The Morgan fingerprint density at radius 1 is 1.25 bits per heavy atom. The fraction of sp³-hybridized carbons (Fsp3) is 0.333. The Hall–Kier alpha value is -2.14. The summed E-state index contributed by atoms with van der Waals surface area (Å²) < 4.78 is 0. The van der Waals surface area contributed by atoms with E-state index in [2.05, 4.69) is 39.2 Å². The first-order chi connectivity index (χ1) is 9.79. The molecule has 104 valence electrons. The second-order valence-corrected chi connectivity index (χ2v) is 4.84. The van der Waals surface area contributed by atoms with Crippen molar-refractivity contribution in [2.45, 2.75) is 19.9 Å². The Morgan fingerprint density at radius 2 is 2.05 bits per heavy atom. The van der Waals surface area contributed by atoms with Gasteiger partial charge in [-0.2, -0.15) is 4.98 Å². The van der Waals surface area contributed by atoms with Gasteiger partial charge in [0.1, 0.15) is 5.82 Å². The third-order valence-electron chi connectivity index (χ3n) is 3.57. The van der Waals surface area contributed by atoms with Crippen LogP contribution in [0, 0.1) is 0 Å². The van der Waals surface area contributed by atoms with Gasteiger partial charge in [0.15, 0.2) is 0 Å². The van der Waals surface area contributed by atoms with Crippen molar-refractivity contribution in [3.05, 3.63) is 41.6 Å². The smallest absolute Gasteiger partial charge is 0.222 e. The van der Waals surface area contributed by atoms with Crippen molar-refractivity contribution in [1.29, 1.82) is 0 Å². The van der Waals surface area contributed by atoms with Gasteiger partial charge in [-0.15, -0.1) is 0 Å². The molecule has 2 aromatic rings. The highest BCUT2D eigenvalue weighted by Crippen LogP contribution is 2.29. The summed E-state index contributed by atoms with van der Waals surface area (Å²) >= 11 is 0. The molecule has 0 atom stereocenters. The largest absolute Gasteiger partial charge is 0.368 e. The lowest BCUT2D eigenvalue weighted by Gasteiger charge is -2.27. The van der Waals surface area contributed by atoms with Gasteiger partial charge in [0.05, 0.1) is 5.69 Å². The lowest BCUT2D eigenvalue weighted by Crippen LogP contribution is -2.29. The maximum Gasteiger partial charge on any atom is 0.222 e. The van der Waals surface area contributed by atoms with Crippen molar-refractivity contribution in [3.8, 4) is 0 Å². The molecule has 20 heavy (non-hydrogen) atoms. The number of hydrogen-bond acceptors (Lipinski definition) is 5. The van der Waals surface area contributed by atoms with Crippen LogP contribution in [0.2, 0.25) is 0 Å². The summed E-state index contributed by atoms with van der Waals surface area (Å²) in [5.74, 6) is 1.28. The molecule has 3 rings (SSSR count). The van der Waals surface area contributed by atoms with Gasteiger partial charge >= 0.3 is 0 Å². The number of benzene rings is 1. The van der Waals surface area contributed by atoms with E-state index < -0.39 is 0 Å². The second-order valence-electron chi connectivity index (χ2n) is 4.84. The van der Waals surface area contributed by atoms with Crippen LogP contribution in [-0.4, -0.2) is 23.1 Å². The minimum atomic E-state index is 0.357. The number of anilines is 3. The van der Waals surface area contributed by atoms with Gasteiger partial charge in [0, 0.05) is 37.3 Å². The number of fused-ring (bicyclic) bond motifs is 1. The third-order valence-corrected chi connectivity index (χ3v) is 3.57. The van der Waals surface area contributed by atoms with Crippen LogP contribution in [0.5, 0.6) is 0 Å². The highest BCUT2D eigenvalue weighted by Gasteiger charge is 2.21. The number of rotatable bonds is 3. The van der Waals surface area contributed by atoms with Crippen LogP contribution >= 0.6 is 0 Å². The lowest BCUT2D eigenvalue weighted by molar-refractivity contribution is 0.626. The predicted octanol–water partition coefficient (Wildman–Crippen LogP) is 1.86. The molecule has 0 spiro atoms. The van der Waals surface area contributed by atoms with Crippen molar-refractivity contribution < 1.29 is 0 Å². The highest BCUT2D eigenvalue weighted by atomic mass is 15.2. The van der Waals surface area contributed by atoms with E-state index in [0.717, 1.165) is 48.8 Å². The van der Waals surface area contributed by atoms with Crippen molar-refractivity contribution in [3.63, 3.8) is 0 Å². The maximum absolute atomic E-state index is 5.88. The Bertz CT molecular complexity index is 597. The molecular weight excluding hydrogens is 250 g/mol. The van der Waals surface area contributed by atoms with Crippen LogP contribution in [-0.2, 0) is 13.0 Å². The van der Waals surface area contributed by atoms with E-state index in [1.54, 1.807) is 0 Å². The van der Waals surface area contributed by atoms with Gasteiger partial charge in [0.2, 0.25) is 5.95 Å². The van der Waals surface area contributed by atoms with E-state index in [1.165, 1.54) is 0 Å². The zero-order chi connectivity index (χ0) is 13.9. The number of nitrogens with zero attached hydrogens (tertiary/aromatic N) is 3. The molecule has 1 aliphatic rings. The zero-order valence-electron chi connectivity index (χ0n) is 11.6. The number of para-hydroxylation sites is 1. The molecule has 0 fully saturated rings. The molecule has 1 aromatic heterocycles. The van der Waals surface area contributed by atoms with Crippen LogP contribution in [0.4, 0.5) is 17.5 Å². The second kappa shape index (κ2) is 5.46. The van der Waals surface area contributed by atoms with E-state index >= 15 is 0 Å². The Balaban J connectivity index is 2.10. The molecule has 0 bridgehead atoms. The molecule has 5 heteroatoms. The van der Waals surface area contributed by atoms with Gasteiger partial charge < -0.3 is 16.0 Å². The summed E-state index contributed by atoms with van der Waals surface area (Å²) in [5.41, 5.74) is 9.24. The first-order valence-corrected chi connectivity index (χ1v) is 6.98. The third kappa shape index (κ3) is 2.32. The van der Waals surface area contributed by atoms with E-state index in [1.807, 2.05) is 18.2 Å². The molecular formula is C15H19N5. The SMILES string of the molecule is CCN(c1ccccc1)c1nc(N)nc2c1CNCC2. The monoisotopic (exact) mass is 269 g/mol. The molecule has 0 unspecified atom stereocenters. The van der Waals surface area contributed by atoms with Crippen LogP contribution in [0.25, 0.3) is 0 Å². The van der Waals surface area contributed by atoms with Crippen LogP contribution in [0.3, 0.4) is 0 Å². The van der Waals surface area contributed by atoms with E-state index in [-0.39, 0.29) is 0 Å². The van der Waals surface area contributed by atoms with Gasteiger partial charge in [-0.1, -0.05) is 18.2 Å². The summed E-state index contributed by atoms with van der Waals surface area (Å²) in [7, 11) is 0. The fourth-order valence-corrected chi connectivity index (χ4v) is 2.63. The Morgan fingerprint density at radius 3 is 2.80 bits per heavy atom.